The van der Waals surface area contributed by atoms with Crippen molar-refractivity contribution in [1.82, 2.24) is 10.2 Å². The van der Waals surface area contributed by atoms with E-state index in [2.05, 4.69) is 88.2 Å². The SMILES string of the molecule is CNCCC(OCc1ccccc1N1CCC2(CC1)c1ccccc1CCN2C)c1cccs1. The average Bonchev–Trinajstić information content (AvgIpc) is 3.42. The Kier molecular flexibility index (Phi) is 7.35. The van der Waals surface area contributed by atoms with Crippen LogP contribution in [0.3, 0.4) is 0 Å². The van der Waals surface area contributed by atoms with Gasteiger partial charge in [-0.3, -0.25) is 4.90 Å². The van der Waals surface area contributed by atoms with Crippen molar-refractivity contribution in [3.63, 3.8) is 0 Å². The Morgan fingerprint density at radius 2 is 1.79 bits per heavy atom. The van der Waals surface area contributed by atoms with Gasteiger partial charge in [-0.1, -0.05) is 48.5 Å². The number of benzene rings is 2. The first-order chi connectivity index (χ1) is 16.7. The molecule has 2 aliphatic heterocycles. The molecule has 0 bridgehead atoms. The Labute approximate surface area is 208 Å². The zero-order valence-corrected chi connectivity index (χ0v) is 21.3. The number of likely N-dealkylation sites (N-methyl/N-ethyl adjacent to an activating group) is 1. The van der Waals surface area contributed by atoms with Gasteiger partial charge in [0.15, 0.2) is 0 Å². The lowest BCUT2D eigenvalue weighted by molar-refractivity contribution is 0.0367. The number of piperidine rings is 1. The number of para-hydroxylation sites is 1. The van der Waals surface area contributed by atoms with E-state index in [1.807, 2.05) is 7.05 Å². The number of anilines is 1. The van der Waals surface area contributed by atoms with Crippen molar-refractivity contribution < 1.29 is 4.74 Å². The van der Waals surface area contributed by atoms with Crippen molar-refractivity contribution in [2.24, 2.45) is 0 Å². The van der Waals surface area contributed by atoms with E-state index in [0.29, 0.717) is 6.61 Å². The van der Waals surface area contributed by atoms with Crippen LogP contribution in [0.15, 0.2) is 66.0 Å². The molecule has 0 radical (unpaired) electrons. The molecule has 3 heterocycles. The molecule has 1 atom stereocenters. The predicted molar refractivity (Wildman–Crippen MR) is 143 cm³/mol. The number of nitrogens with zero attached hydrogens (tertiary/aromatic N) is 2. The van der Waals surface area contributed by atoms with E-state index in [0.717, 1.165) is 51.9 Å². The molecule has 1 fully saturated rings. The lowest BCUT2D eigenvalue weighted by Crippen LogP contribution is -2.54. The van der Waals surface area contributed by atoms with E-state index in [4.69, 9.17) is 4.74 Å². The summed E-state index contributed by atoms with van der Waals surface area (Å²) in [6.45, 7) is 4.89. The minimum Gasteiger partial charge on any atom is -0.371 e. The number of thiophene rings is 1. The molecule has 0 saturated carbocycles. The quantitative estimate of drug-likeness (QED) is 0.459. The number of nitrogens with one attached hydrogen (secondary N) is 1. The monoisotopic (exact) mass is 475 g/mol. The Balaban J connectivity index is 1.30. The molecule has 0 aliphatic carbocycles. The fraction of sp³-hybridized carbons (Fsp3) is 0.448. The molecule has 34 heavy (non-hydrogen) atoms. The van der Waals surface area contributed by atoms with Crippen LogP contribution in [0.4, 0.5) is 5.69 Å². The molecule has 3 aromatic rings. The minimum atomic E-state index is 0.137. The van der Waals surface area contributed by atoms with E-state index < -0.39 is 0 Å². The van der Waals surface area contributed by atoms with Crippen molar-refractivity contribution in [1.29, 1.82) is 0 Å². The van der Waals surface area contributed by atoms with E-state index in [9.17, 15) is 0 Å². The second kappa shape index (κ2) is 10.6. The molecule has 1 unspecified atom stereocenters. The zero-order valence-electron chi connectivity index (χ0n) is 20.5. The van der Waals surface area contributed by atoms with E-state index in [1.165, 1.54) is 16.1 Å². The molecular formula is C29H37N3OS. The Hall–Kier alpha value is -2.18. The van der Waals surface area contributed by atoms with Gasteiger partial charge in [-0.05, 0) is 75.0 Å². The van der Waals surface area contributed by atoms with Crippen LogP contribution < -0.4 is 10.2 Å². The third-order valence-electron chi connectivity index (χ3n) is 7.85. The molecule has 1 saturated heterocycles. The first-order valence-corrected chi connectivity index (χ1v) is 13.5. The number of hydrogen-bond donors (Lipinski definition) is 1. The third-order valence-corrected chi connectivity index (χ3v) is 8.81. The van der Waals surface area contributed by atoms with Gasteiger partial charge >= 0.3 is 0 Å². The smallest absolute Gasteiger partial charge is 0.0933 e. The Morgan fingerprint density at radius 3 is 2.59 bits per heavy atom. The standard InChI is InChI=1S/C29H37N3OS/c1-30-17-13-27(28-12-7-21-34-28)33-22-24-9-4-6-11-26(24)32-19-15-29(16-20-32)25-10-5-3-8-23(25)14-18-31(29)2/h3-12,21,27,30H,13-20,22H2,1-2H3. The molecule has 2 aromatic carbocycles. The molecule has 1 aromatic heterocycles. The predicted octanol–water partition coefficient (Wildman–Crippen LogP) is 5.60. The third kappa shape index (κ3) is 4.67. The number of fused-ring (bicyclic) bond motifs is 2. The van der Waals surface area contributed by atoms with Crippen LogP contribution in [-0.2, 0) is 23.3 Å². The van der Waals surface area contributed by atoms with E-state index in [1.54, 1.807) is 22.5 Å². The van der Waals surface area contributed by atoms with Crippen molar-refractivity contribution in [2.75, 3.05) is 45.2 Å². The summed E-state index contributed by atoms with van der Waals surface area (Å²) in [6, 6.07) is 22.3. The molecule has 1 spiro atoms. The van der Waals surface area contributed by atoms with Gasteiger partial charge in [0.2, 0.25) is 0 Å². The largest absolute Gasteiger partial charge is 0.371 e. The first-order valence-electron chi connectivity index (χ1n) is 12.6. The van der Waals surface area contributed by atoms with Crippen LogP contribution in [0, 0.1) is 0 Å². The molecule has 5 heteroatoms. The van der Waals surface area contributed by atoms with Gasteiger partial charge in [-0.25, -0.2) is 0 Å². The van der Waals surface area contributed by atoms with Gasteiger partial charge in [-0.15, -0.1) is 11.3 Å². The minimum absolute atomic E-state index is 0.137. The Morgan fingerprint density at radius 1 is 1.00 bits per heavy atom. The maximum absolute atomic E-state index is 6.52. The van der Waals surface area contributed by atoms with Crippen LogP contribution in [0.2, 0.25) is 0 Å². The fourth-order valence-corrected chi connectivity index (χ4v) is 6.67. The van der Waals surface area contributed by atoms with Crippen LogP contribution in [0.1, 0.15) is 46.9 Å². The van der Waals surface area contributed by atoms with Gasteiger partial charge in [0, 0.05) is 41.3 Å². The Bertz CT molecular complexity index is 1060. The second-order valence-corrected chi connectivity index (χ2v) is 10.7. The van der Waals surface area contributed by atoms with Gasteiger partial charge in [0.1, 0.15) is 0 Å². The summed E-state index contributed by atoms with van der Waals surface area (Å²) < 4.78 is 6.52. The average molecular weight is 476 g/mol. The second-order valence-electron chi connectivity index (χ2n) is 9.68. The summed E-state index contributed by atoms with van der Waals surface area (Å²) in [5.74, 6) is 0. The molecule has 1 N–H and O–H groups in total. The van der Waals surface area contributed by atoms with E-state index in [-0.39, 0.29) is 11.6 Å². The molecular weight excluding hydrogens is 438 g/mol. The number of ether oxygens (including phenoxy) is 1. The summed E-state index contributed by atoms with van der Waals surface area (Å²) in [5.41, 5.74) is 5.91. The lowest BCUT2D eigenvalue weighted by atomic mass is 9.74. The topological polar surface area (TPSA) is 27.7 Å². The molecule has 0 amide bonds. The summed E-state index contributed by atoms with van der Waals surface area (Å²) in [6.07, 6.45) is 4.61. The van der Waals surface area contributed by atoms with Crippen molar-refractivity contribution in [2.45, 2.75) is 43.9 Å². The van der Waals surface area contributed by atoms with Crippen LogP contribution in [0.25, 0.3) is 0 Å². The summed E-state index contributed by atoms with van der Waals surface area (Å²) in [5, 5.41) is 5.41. The highest BCUT2D eigenvalue weighted by molar-refractivity contribution is 7.10. The zero-order chi connectivity index (χ0) is 23.4. The van der Waals surface area contributed by atoms with Crippen molar-refractivity contribution >= 4 is 17.0 Å². The van der Waals surface area contributed by atoms with Crippen molar-refractivity contribution in [3.8, 4) is 0 Å². The molecule has 4 nitrogen and oxygen atoms in total. The molecule has 2 aliphatic rings. The normalized spacial score (nSPS) is 18.7. The van der Waals surface area contributed by atoms with Gasteiger partial charge in [-0.2, -0.15) is 0 Å². The lowest BCUT2D eigenvalue weighted by Gasteiger charge is -2.51. The number of rotatable bonds is 8. The first kappa shape index (κ1) is 23.6. The van der Waals surface area contributed by atoms with Gasteiger partial charge < -0.3 is 15.0 Å². The molecule has 5 rings (SSSR count). The summed E-state index contributed by atoms with van der Waals surface area (Å²) in [7, 11) is 4.33. The summed E-state index contributed by atoms with van der Waals surface area (Å²) in [4.78, 5) is 6.52. The maximum Gasteiger partial charge on any atom is 0.0933 e. The van der Waals surface area contributed by atoms with Crippen LogP contribution >= 0.6 is 11.3 Å². The highest BCUT2D eigenvalue weighted by Gasteiger charge is 2.43. The van der Waals surface area contributed by atoms with Gasteiger partial charge in [0.05, 0.1) is 12.7 Å². The van der Waals surface area contributed by atoms with E-state index >= 15 is 0 Å². The van der Waals surface area contributed by atoms with Crippen molar-refractivity contribution in [3.05, 3.63) is 87.6 Å². The summed E-state index contributed by atoms with van der Waals surface area (Å²) >= 11 is 1.79. The number of hydrogen-bond acceptors (Lipinski definition) is 5. The fourth-order valence-electron chi connectivity index (χ4n) is 5.86. The van der Waals surface area contributed by atoms with Crippen LogP contribution in [-0.4, -0.2) is 45.2 Å². The van der Waals surface area contributed by atoms with Crippen LogP contribution in [0.5, 0.6) is 0 Å². The highest BCUT2D eigenvalue weighted by atomic mass is 32.1. The maximum atomic E-state index is 6.52. The van der Waals surface area contributed by atoms with Gasteiger partial charge in [0.25, 0.3) is 0 Å². The highest BCUT2D eigenvalue weighted by Crippen LogP contribution is 2.43. The molecule has 180 valence electrons.